The highest BCUT2D eigenvalue weighted by Gasteiger charge is 2.12. The van der Waals surface area contributed by atoms with Crippen molar-refractivity contribution in [1.82, 2.24) is 0 Å². The number of rotatable bonds is 6. The van der Waals surface area contributed by atoms with Crippen molar-refractivity contribution in [3.8, 4) is 0 Å². The summed E-state index contributed by atoms with van der Waals surface area (Å²) >= 11 is 6.18. The van der Waals surface area contributed by atoms with Crippen molar-refractivity contribution < 1.29 is 4.79 Å². The molecule has 3 heteroatoms. The third kappa shape index (κ3) is 4.34. The fourth-order valence-corrected chi connectivity index (χ4v) is 2.20. The first kappa shape index (κ1) is 15.0. The highest BCUT2D eigenvalue weighted by molar-refractivity contribution is 6.31. The maximum Gasteiger partial charge on any atom is 0.227 e. The summed E-state index contributed by atoms with van der Waals surface area (Å²) in [5, 5.41) is 3.65. The molecule has 0 spiro atoms. The van der Waals surface area contributed by atoms with E-state index in [4.69, 9.17) is 11.6 Å². The Bertz CT molecular complexity index is 403. The number of hydrogen-bond acceptors (Lipinski definition) is 1. The molecule has 1 rings (SSSR count). The van der Waals surface area contributed by atoms with Crippen LogP contribution in [0.5, 0.6) is 0 Å². The van der Waals surface area contributed by atoms with Crippen molar-refractivity contribution in [1.29, 1.82) is 0 Å². The first-order valence-electron chi connectivity index (χ1n) is 6.67. The summed E-state index contributed by atoms with van der Waals surface area (Å²) in [7, 11) is 0. The molecule has 0 saturated carbocycles. The maximum absolute atomic E-state index is 11.9. The lowest BCUT2D eigenvalue weighted by atomic mass is 10.1. The van der Waals surface area contributed by atoms with E-state index in [9.17, 15) is 4.79 Å². The number of amides is 1. The Labute approximate surface area is 115 Å². The molecule has 2 nitrogen and oxygen atoms in total. The summed E-state index contributed by atoms with van der Waals surface area (Å²) in [6.07, 6.45) is 3.97. The lowest BCUT2D eigenvalue weighted by Crippen LogP contribution is -2.20. The van der Waals surface area contributed by atoms with Crippen LogP contribution in [0.2, 0.25) is 5.02 Å². The Morgan fingerprint density at radius 2 is 2.06 bits per heavy atom. The highest BCUT2D eigenvalue weighted by atomic mass is 35.5. The molecule has 1 atom stereocenters. The Hall–Kier alpha value is -1.02. The second-order valence-corrected chi connectivity index (χ2v) is 5.14. The molecule has 0 aliphatic carbocycles. The average Bonchev–Trinajstić information content (AvgIpc) is 2.33. The molecule has 0 saturated heterocycles. The van der Waals surface area contributed by atoms with Crippen molar-refractivity contribution in [3.05, 3.63) is 28.8 Å². The molecule has 18 heavy (non-hydrogen) atoms. The predicted molar refractivity (Wildman–Crippen MR) is 78.1 cm³/mol. The van der Waals surface area contributed by atoms with Gasteiger partial charge in [0.15, 0.2) is 0 Å². The minimum absolute atomic E-state index is 0.0455. The van der Waals surface area contributed by atoms with Crippen LogP contribution in [-0.2, 0) is 11.2 Å². The van der Waals surface area contributed by atoms with Crippen molar-refractivity contribution in [2.45, 2.75) is 46.5 Å². The van der Waals surface area contributed by atoms with Gasteiger partial charge in [-0.1, -0.05) is 51.3 Å². The molecule has 1 aromatic carbocycles. The number of benzene rings is 1. The van der Waals surface area contributed by atoms with Crippen LogP contribution >= 0.6 is 11.6 Å². The van der Waals surface area contributed by atoms with Crippen molar-refractivity contribution in [3.63, 3.8) is 0 Å². The van der Waals surface area contributed by atoms with E-state index in [1.165, 1.54) is 0 Å². The van der Waals surface area contributed by atoms with Crippen LogP contribution in [0.15, 0.2) is 18.2 Å². The SMILES string of the molecule is CCCc1ccc(NC(=O)C(C)CCC)cc1Cl. The molecule has 0 radical (unpaired) electrons. The van der Waals surface area contributed by atoms with Gasteiger partial charge in [0.05, 0.1) is 0 Å². The fourth-order valence-electron chi connectivity index (χ4n) is 1.93. The summed E-state index contributed by atoms with van der Waals surface area (Å²) in [5.41, 5.74) is 1.92. The Morgan fingerprint density at radius 1 is 1.33 bits per heavy atom. The zero-order valence-corrected chi connectivity index (χ0v) is 12.2. The van der Waals surface area contributed by atoms with Crippen molar-refractivity contribution in [2.75, 3.05) is 5.32 Å². The third-order valence-electron chi connectivity index (χ3n) is 3.01. The number of carbonyl (C=O) groups excluding carboxylic acids is 1. The zero-order valence-electron chi connectivity index (χ0n) is 11.4. The molecule has 0 aliphatic heterocycles. The first-order chi connectivity index (χ1) is 8.58. The molecule has 0 fully saturated rings. The van der Waals surface area contributed by atoms with E-state index < -0.39 is 0 Å². The Balaban J connectivity index is 2.68. The van der Waals surface area contributed by atoms with Gasteiger partial charge in [-0.3, -0.25) is 4.79 Å². The lowest BCUT2D eigenvalue weighted by molar-refractivity contribution is -0.119. The van der Waals surface area contributed by atoms with Gasteiger partial charge < -0.3 is 5.32 Å². The minimum Gasteiger partial charge on any atom is -0.326 e. The fraction of sp³-hybridized carbons (Fsp3) is 0.533. The molecule has 1 unspecified atom stereocenters. The van der Waals surface area contributed by atoms with Crippen LogP contribution in [0.25, 0.3) is 0 Å². The van der Waals surface area contributed by atoms with Crippen LogP contribution in [0, 0.1) is 5.92 Å². The van der Waals surface area contributed by atoms with Crippen molar-refractivity contribution >= 4 is 23.2 Å². The number of carbonyl (C=O) groups is 1. The molecular formula is C15H22ClNO. The summed E-state index contributed by atoms with van der Waals surface area (Å²) in [5.74, 6) is 0.111. The zero-order chi connectivity index (χ0) is 13.5. The molecule has 100 valence electrons. The number of hydrogen-bond donors (Lipinski definition) is 1. The van der Waals surface area contributed by atoms with E-state index in [0.717, 1.165) is 42.0 Å². The molecule has 0 aromatic heterocycles. The third-order valence-corrected chi connectivity index (χ3v) is 3.36. The van der Waals surface area contributed by atoms with E-state index in [1.54, 1.807) is 0 Å². The van der Waals surface area contributed by atoms with Crippen LogP contribution in [0.4, 0.5) is 5.69 Å². The quantitative estimate of drug-likeness (QED) is 0.797. The van der Waals surface area contributed by atoms with Gasteiger partial charge in [0.1, 0.15) is 0 Å². The van der Waals surface area contributed by atoms with E-state index >= 15 is 0 Å². The maximum atomic E-state index is 11.9. The van der Waals surface area contributed by atoms with Crippen LogP contribution < -0.4 is 5.32 Å². The monoisotopic (exact) mass is 267 g/mol. The molecule has 0 heterocycles. The van der Waals surface area contributed by atoms with E-state index in [-0.39, 0.29) is 11.8 Å². The number of nitrogens with one attached hydrogen (secondary N) is 1. The summed E-state index contributed by atoms with van der Waals surface area (Å²) in [4.78, 5) is 11.9. The second kappa shape index (κ2) is 7.42. The second-order valence-electron chi connectivity index (χ2n) is 4.74. The van der Waals surface area contributed by atoms with E-state index in [0.29, 0.717) is 0 Å². The largest absolute Gasteiger partial charge is 0.326 e. The predicted octanol–water partition coefficient (Wildman–Crippen LogP) is 4.67. The van der Waals surface area contributed by atoms with Gasteiger partial charge in [-0.2, -0.15) is 0 Å². The van der Waals surface area contributed by atoms with Crippen LogP contribution in [0.1, 0.15) is 45.6 Å². The average molecular weight is 268 g/mol. The number of halogens is 1. The van der Waals surface area contributed by atoms with Gasteiger partial charge in [-0.05, 0) is 30.5 Å². The lowest BCUT2D eigenvalue weighted by Gasteiger charge is -2.12. The Morgan fingerprint density at radius 3 is 2.61 bits per heavy atom. The molecule has 1 amide bonds. The molecule has 0 aliphatic rings. The van der Waals surface area contributed by atoms with Crippen molar-refractivity contribution in [2.24, 2.45) is 5.92 Å². The van der Waals surface area contributed by atoms with Gasteiger partial charge in [-0.25, -0.2) is 0 Å². The normalized spacial score (nSPS) is 12.2. The standard InChI is InChI=1S/C15H22ClNO/c1-4-6-11(3)15(18)17-13-9-8-12(7-5-2)14(16)10-13/h8-11H,4-7H2,1-3H3,(H,17,18). The molecule has 1 N–H and O–H groups in total. The minimum atomic E-state index is 0.0455. The summed E-state index contributed by atoms with van der Waals surface area (Å²) in [6, 6.07) is 5.75. The van der Waals surface area contributed by atoms with Gasteiger partial charge >= 0.3 is 0 Å². The number of aryl methyl sites for hydroxylation is 1. The van der Waals surface area contributed by atoms with Gasteiger partial charge in [0, 0.05) is 16.6 Å². The summed E-state index contributed by atoms with van der Waals surface area (Å²) < 4.78 is 0. The summed E-state index contributed by atoms with van der Waals surface area (Å²) in [6.45, 7) is 6.16. The van der Waals surface area contributed by atoms with Crippen LogP contribution in [0.3, 0.4) is 0 Å². The Kier molecular flexibility index (Phi) is 6.20. The number of anilines is 1. The topological polar surface area (TPSA) is 29.1 Å². The van der Waals surface area contributed by atoms with Gasteiger partial charge in [0.25, 0.3) is 0 Å². The van der Waals surface area contributed by atoms with Crippen LogP contribution in [-0.4, -0.2) is 5.91 Å². The van der Waals surface area contributed by atoms with Gasteiger partial charge in [-0.15, -0.1) is 0 Å². The van der Waals surface area contributed by atoms with E-state index in [1.807, 2.05) is 25.1 Å². The first-order valence-corrected chi connectivity index (χ1v) is 7.05. The highest BCUT2D eigenvalue weighted by Crippen LogP contribution is 2.22. The van der Waals surface area contributed by atoms with Gasteiger partial charge in [0.2, 0.25) is 5.91 Å². The molecular weight excluding hydrogens is 246 g/mol. The molecule has 0 bridgehead atoms. The van der Waals surface area contributed by atoms with E-state index in [2.05, 4.69) is 19.2 Å². The smallest absolute Gasteiger partial charge is 0.227 e. The molecule has 1 aromatic rings.